The van der Waals surface area contributed by atoms with Crippen molar-refractivity contribution in [2.45, 2.75) is 58.9 Å². The summed E-state index contributed by atoms with van der Waals surface area (Å²) in [5.41, 5.74) is 1.04. The van der Waals surface area contributed by atoms with Crippen LogP contribution in [-0.4, -0.2) is 54.5 Å². The maximum absolute atomic E-state index is 12.0. The van der Waals surface area contributed by atoms with E-state index in [2.05, 4.69) is 34.5 Å². The zero-order valence-corrected chi connectivity index (χ0v) is 17.4. The lowest BCUT2D eigenvalue weighted by molar-refractivity contribution is -0.130. The van der Waals surface area contributed by atoms with Crippen molar-refractivity contribution in [3.63, 3.8) is 0 Å². The van der Waals surface area contributed by atoms with Crippen LogP contribution in [0.5, 0.6) is 5.88 Å². The fourth-order valence-corrected chi connectivity index (χ4v) is 3.06. The van der Waals surface area contributed by atoms with Gasteiger partial charge in [0.2, 0.25) is 11.8 Å². The average Bonchev–Trinajstić information content (AvgIpc) is 2.92. The molecule has 7 nitrogen and oxygen atoms in total. The Bertz CT molecular complexity index is 603. The number of guanidine groups is 1. The second kappa shape index (κ2) is 13.0. The Labute approximate surface area is 169 Å². The van der Waals surface area contributed by atoms with Crippen LogP contribution in [0.25, 0.3) is 0 Å². The molecule has 1 aromatic rings. The molecule has 0 saturated carbocycles. The summed E-state index contributed by atoms with van der Waals surface area (Å²) < 4.78 is 5.51. The Balaban J connectivity index is 1.75. The lowest BCUT2D eigenvalue weighted by Crippen LogP contribution is -2.39. The van der Waals surface area contributed by atoms with Gasteiger partial charge in [-0.25, -0.2) is 9.98 Å². The summed E-state index contributed by atoms with van der Waals surface area (Å²) in [6, 6.07) is 3.88. The molecule has 1 fully saturated rings. The molecular weight excluding hydrogens is 354 g/mol. The number of hydrogen-bond acceptors (Lipinski definition) is 4. The maximum atomic E-state index is 12.0. The van der Waals surface area contributed by atoms with Gasteiger partial charge in [-0.3, -0.25) is 4.79 Å². The molecule has 1 aromatic heterocycles. The van der Waals surface area contributed by atoms with E-state index in [1.54, 1.807) is 0 Å². The highest BCUT2D eigenvalue weighted by atomic mass is 16.5. The Morgan fingerprint density at radius 2 is 2.14 bits per heavy atom. The molecule has 0 radical (unpaired) electrons. The average molecular weight is 390 g/mol. The second-order valence-corrected chi connectivity index (χ2v) is 7.02. The molecule has 0 bridgehead atoms. The van der Waals surface area contributed by atoms with E-state index >= 15 is 0 Å². The first-order chi connectivity index (χ1) is 13.7. The van der Waals surface area contributed by atoms with Gasteiger partial charge < -0.3 is 20.3 Å². The van der Waals surface area contributed by atoms with E-state index < -0.39 is 0 Å². The van der Waals surface area contributed by atoms with E-state index in [1.165, 1.54) is 0 Å². The van der Waals surface area contributed by atoms with Gasteiger partial charge in [0.1, 0.15) is 0 Å². The minimum Gasteiger partial charge on any atom is -0.478 e. The van der Waals surface area contributed by atoms with Crippen LogP contribution < -0.4 is 15.4 Å². The molecule has 1 amide bonds. The predicted molar refractivity (Wildman–Crippen MR) is 113 cm³/mol. The van der Waals surface area contributed by atoms with E-state index in [1.807, 2.05) is 23.2 Å². The Morgan fingerprint density at radius 3 is 2.89 bits per heavy atom. The molecule has 1 aliphatic rings. The third-order valence-electron chi connectivity index (χ3n) is 4.58. The highest BCUT2D eigenvalue weighted by Crippen LogP contribution is 2.11. The molecule has 0 aliphatic carbocycles. The van der Waals surface area contributed by atoms with Crippen LogP contribution in [0.1, 0.15) is 57.9 Å². The van der Waals surface area contributed by atoms with Crippen LogP contribution in [0.15, 0.2) is 23.3 Å². The van der Waals surface area contributed by atoms with E-state index in [0.717, 1.165) is 69.8 Å². The highest BCUT2D eigenvalue weighted by molar-refractivity contribution is 5.79. The first kappa shape index (κ1) is 22.0. The van der Waals surface area contributed by atoms with Gasteiger partial charge in [0.25, 0.3) is 0 Å². The predicted octanol–water partition coefficient (Wildman–Crippen LogP) is 2.72. The van der Waals surface area contributed by atoms with Crippen LogP contribution in [0.3, 0.4) is 0 Å². The minimum atomic E-state index is 0.303. The summed E-state index contributed by atoms with van der Waals surface area (Å²) in [5.74, 6) is 1.75. The highest BCUT2D eigenvalue weighted by Gasteiger charge is 2.15. The van der Waals surface area contributed by atoms with Crippen molar-refractivity contribution in [2.75, 3.05) is 32.8 Å². The van der Waals surface area contributed by atoms with Crippen molar-refractivity contribution in [1.82, 2.24) is 20.5 Å². The van der Waals surface area contributed by atoms with Crippen molar-refractivity contribution in [3.8, 4) is 5.88 Å². The third-order valence-corrected chi connectivity index (χ3v) is 4.58. The van der Waals surface area contributed by atoms with Crippen molar-refractivity contribution in [2.24, 2.45) is 4.99 Å². The van der Waals surface area contributed by atoms with Crippen molar-refractivity contribution >= 4 is 11.9 Å². The van der Waals surface area contributed by atoms with E-state index in [9.17, 15) is 4.79 Å². The summed E-state index contributed by atoms with van der Waals surface area (Å²) >= 11 is 0. The van der Waals surface area contributed by atoms with Crippen molar-refractivity contribution in [3.05, 3.63) is 23.9 Å². The molecule has 0 spiro atoms. The van der Waals surface area contributed by atoms with Gasteiger partial charge in [-0.1, -0.05) is 19.4 Å². The fourth-order valence-electron chi connectivity index (χ4n) is 3.06. The number of ether oxygens (including phenoxy) is 1. The maximum Gasteiger partial charge on any atom is 0.222 e. The Kier molecular flexibility index (Phi) is 10.2. The summed E-state index contributed by atoms with van der Waals surface area (Å²) in [5, 5.41) is 6.62. The number of rotatable bonds is 10. The number of nitrogens with zero attached hydrogens (tertiary/aromatic N) is 3. The van der Waals surface area contributed by atoms with Gasteiger partial charge in [-0.15, -0.1) is 0 Å². The summed E-state index contributed by atoms with van der Waals surface area (Å²) in [7, 11) is 0. The van der Waals surface area contributed by atoms with Crippen molar-refractivity contribution in [1.29, 1.82) is 0 Å². The number of amides is 1. The lowest BCUT2D eigenvalue weighted by atomic mass is 10.2. The van der Waals surface area contributed by atoms with Crippen LogP contribution in [-0.2, 0) is 11.3 Å². The molecule has 156 valence electrons. The molecule has 7 heteroatoms. The number of pyridine rings is 1. The van der Waals surface area contributed by atoms with Gasteiger partial charge in [0.05, 0.1) is 13.2 Å². The smallest absolute Gasteiger partial charge is 0.222 e. The topological polar surface area (TPSA) is 78.9 Å². The van der Waals surface area contributed by atoms with E-state index in [4.69, 9.17) is 4.74 Å². The second-order valence-electron chi connectivity index (χ2n) is 7.02. The van der Waals surface area contributed by atoms with Gasteiger partial charge in [0, 0.05) is 44.9 Å². The Hall–Kier alpha value is -2.31. The first-order valence-electron chi connectivity index (χ1n) is 10.6. The molecule has 28 heavy (non-hydrogen) atoms. The Morgan fingerprint density at radius 1 is 1.25 bits per heavy atom. The number of carbonyl (C=O) groups is 1. The molecule has 2 heterocycles. The number of carbonyl (C=O) groups excluding carboxylic acids is 1. The summed E-state index contributed by atoms with van der Waals surface area (Å²) in [4.78, 5) is 23.0. The standard InChI is InChI=1S/C21H35N5O2/c1-3-15-28-19-11-10-18(16-24-19)17-25-21(22-4-2)23-12-8-14-26-13-7-5-6-9-20(26)27/h10-11,16H,3-9,12-15,17H2,1-2H3,(H2,22,23,25). The largest absolute Gasteiger partial charge is 0.478 e. The first-order valence-corrected chi connectivity index (χ1v) is 10.6. The fraction of sp³-hybridized carbons (Fsp3) is 0.667. The molecule has 1 aliphatic heterocycles. The number of aliphatic imine (C=N–C) groups is 1. The SMILES string of the molecule is CCCOc1ccc(CN=C(NCC)NCCCN2CCCCCC2=O)cn1. The molecule has 0 aromatic carbocycles. The minimum absolute atomic E-state index is 0.303. The lowest BCUT2D eigenvalue weighted by Gasteiger charge is -2.20. The summed E-state index contributed by atoms with van der Waals surface area (Å²) in [6.45, 7) is 8.67. The number of likely N-dealkylation sites (tertiary alicyclic amines) is 1. The molecule has 0 unspecified atom stereocenters. The van der Waals surface area contributed by atoms with Gasteiger partial charge >= 0.3 is 0 Å². The van der Waals surface area contributed by atoms with Crippen molar-refractivity contribution < 1.29 is 9.53 Å². The van der Waals surface area contributed by atoms with Gasteiger partial charge in [0.15, 0.2) is 5.96 Å². The number of aromatic nitrogens is 1. The molecule has 1 saturated heterocycles. The molecular formula is C21H35N5O2. The van der Waals surface area contributed by atoms with Crippen LogP contribution in [0.2, 0.25) is 0 Å². The van der Waals surface area contributed by atoms with Crippen LogP contribution >= 0.6 is 0 Å². The van der Waals surface area contributed by atoms with Crippen LogP contribution in [0.4, 0.5) is 0 Å². The normalized spacial score (nSPS) is 15.3. The number of hydrogen-bond donors (Lipinski definition) is 2. The molecule has 2 N–H and O–H groups in total. The number of nitrogens with one attached hydrogen (secondary N) is 2. The molecule has 0 atom stereocenters. The quantitative estimate of drug-likeness (QED) is 0.365. The summed E-state index contributed by atoms with van der Waals surface area (Å²) in [6.07, 6.45) is 7.72. The monoisotopic (exact) mass is 389 g/mol. The zero-order chi connectivity index (χ0) is 20.0. The van der Waals surface area contributed by atoms with Gasteiger partial charge in [-0.05, 0) is 38.2 Å². The molecule has 2 rings (SSSR count). The van der Waals surface area contributed by atoms with E-state index in [-0.39, 0.29) is 0 Å². The van der Waals surface area contributed by atoms with Gasteiger partial charge in [-0.2, -0.15) is 0 Å². The van der Waals surface area contributed by atoms with E-state index in [0.29, 0.717) is 31.4 Å². The third kappa shape index (κ3) is 8.15. The van der Waals surface area contributed by atoms with Crippen LogP contribution in [0, 0.1) is 0 Å². The zero-order valence-electron chi connectivity index (χ0n) is 17.4.